The summed E-state index contributed by atoms with van der Waals surface area (Å²) in [5.41, 5.74) is 11.6. The highest BCUT2D eigenvalue weighted by Crippen LogP contribution is 2.44. The largest absolute Gasteiger partial charge is 0.309 e. The topological polar surface area (TPSA) is 22.8 Å². The van der Waals surface area contributed by atoms with Crippen LogP contribution in [0.5, 0.6) is 0 Å². The van der Waals surface area contributed by atoms with Crippen LogP contribution in [0.25, 0.3) is 108 Å². The molecule has 0 aliphatic carbocycles. The molecule has 0 saturated heterocycles. The van der Waals surface area contributed by atoms with Crippen LogP contribution in [0.3, 0.4) is 0 Å². The molecule has 0 radical (unpaired) electrons. The third-order valence-electron chi connectivity index (χ3n) is 11.1. The zero-order valence-corrected chi connectivity index (χ0v) is 29.3. The highest BCUT2D eigenvalue weighted by Gasteiger charge is 2.21. The molecule has 246 valence electrons. The van der Waals surface area contributed by atoms with Crippen molar-refractivity contribution in [2.75, 3.05) is 0 Å². The van der Waals surface area contributed by atoms with Gasteiger partial charge >= 0.3 is 0 Å². The number of nitrogens with zero attached hydrogens (tertiary/aromatic N) is 3. The molecule has 3 nitrogen and oxygen atoms in total. The maximum Gasteiger partial charge on any atom is 0.0917 e. The van der Waals surface area contributed by atoms with E-state index in [-0.39, 0.29) is 0 Å². The summed E-state index contributed by atoms with van der Waals surface area (Å²) < 4.78 is 7.37. The number of benzene rings is 8. The maximum atomic E-state index is 5.25. The van der Waals surface area contributed by atoms with E-state index in [4.69, 9.17) is 4.98 Å². The Balaban J connectivity index is 1.16. The number of hydrogen-bond acceptors (Lipinski definition) is 2. The van der Waals surface area contributed by atoms with Crippen LogP contribution in [0.2, 0.25) is 0 Å². The number of aromatic nitrogens is 3. The lowest BCUT2D eigenvalue weighted by molar-refractivity contribution is 1.18. The molecule has 0 bridgehead atoms. The summed E-state index contributed by atoms with van der Waals surface area (Å²) in [7, 11) is 0. The van der Waals surface area contributed by atoms with E-state index in [2.05, 4.69) is 185 Å². The van der Waals surface area contributed by atoms with Gasteiger partial charge in [-0.25, -0.2) is 4.98 Å². The van der Waals surface area contributed by atoms with Crippen LogP contribution < -0.4 is 0 Å². The van der Waals surface area contributed by atoms with Gasteiger partial charge in [-0.05, 0) is 82.6 Å². The van der Waals surface area contributed by atoms with E-state index in [1.807, 2.05) is 11.3 Å². The van der Waals surface area contributed by atoms with Crippen molar-refractivity contribution < 1.29 is 0 Å². The van der Waals surface area contributed by atoms with Crippen LogP contribution in [0.1, 0.15) is 0 Å². The predicted molar refractivity (Wildman–Crippen MR) is 226 cm³/mol. The van der Waals surface area contributed by atoms with Gasteiger partial charge in [-0.15, -0.1) is 11.3 Å². The summed E-state index contributed by atoms with van der Waals surface area (Å²) in [6.45, 7) is 0. The number of rotatable bonds is 3. The summed E-state index contributed by atoms with van der Waals surface area (Å²) in [6, 6.07) is 64.2. The Bertz CT molecular complexity index is 3460. The summed E-state index contributed by atoms with van der Waals surface area (Å²) in [6.07, 6.45) is 0. The molecule has 0 fully saturated rings. The molecular formula is C49H29N3S. The lowest BCUT2D eigenvalue weighted by Gasteiger charge is -2.13. The number of pyridine rings is 1. The van der Waals surface area contributed by atoms with Crippen LogP contribution >= 0.6 is 11.3 Å². The first-order chi connectivity index (χ1) is 26.3. The van der Waals surface area contributed by atoms with E-state index in [1.165, 1.54) is 91.7 Å². The van der Waals surface area contributed by atoms with Gasteiger partial charge in [0.1, 0.15) is 0 Å². The van der Waals surface area contributed by atoms with E-state index < -0.39 is 0 Å². The molecule has 0 atom stereocenters. The van der Waals surface area contributed by atoms with Crippen molar-refractivity contribution in [3.8, 4) is 22.5 Å². The molecule has 12 aromatic rings. The SMILES string of the molecule is c1ccc(-n2c3ccc(-c4ccc5c6ccccc6n(-c6c7ccccc7nc7c6sc6ccccc67)c5c4)cc3c3cc4ccccc4cc32)cc1. The molecule has 4 heteroatoms. The van der Waals surface area contributed by atoms with E-state index in [9.17, 15) is 0 Å². The number of thiophene rings is 1. The molecule has 0 aliphatic heterocycles. The normalized spacial score (nSPS) is 12.2. The maximum absolute atomic E-state index is 5.25. The van der Waals surface area contributed by atoms with E-state index in [0.717, 1.165) is 16.4 Å². The van der Waals surface area contributed by atoms with Gasteiger partial charge in [0.25, 0.3) is 0 Å². The van der Waals surface area contributed by atoms with E-state index in [1.54, 1.807) is 0 Å². The summed E-state index contributed by atoms with van der Waals surface area (Å²) in [5, 5.41) is 9.86. The van der Waals surface area contributed by atoms with Crippen LogP contribution in [0, 0.1) is 0 Å². The first-order valence-corrected chi connectivity index (χ1v) is 18.9. The molecular weight excluding hydrogens is 663 g/mol. The van der Waals surface area contributed by atoms with Gasteiger partial charge in [0.15, 0.2) is 0 Å². The minimum Gasteiger partial charge on any atom is -0.309 e. The summed E-state index contributed by atoms with van der Waals surface area (Å²) >= 11 is 1.84. The van der Waals surface area contributed by atoms with Crippen LogP contribution in [0.4, 0.5) is 0 Å². The molecule has 0 unspecified atom stereocenters. The molecule has 0 N–H and O–H groups in total. The Morgan fingerprint density at radius 2 is 1.02 bits per heavy atom. The van der Waals surface area contributed by atoms with Gasteiger partial charge in [-0.3, -0.25) is 0 Å². The first kappa shape index (κ1) is 28.9. The Hall–Kier alpha value is -6.75. The lowest BCUT2D eigenvalue weighted by atomic mass is 10.0. The third-order valence-corrected chi connectivity index (χ3v) is 12.2. The second-order valence-corrected chi connectivity index (χ2v) is 15.0. The second-order valence-electron chi connectivity index (χ2n) is 14.0. The number of hydrogen-bond donors (Lipinski definition) is 0. The first-order valence-electron chi connectivity index (χ1n) is 18.0. The van der Waals surface area contributed by atoms with E-state index >= 15 is 0 Å². The number of fused-ring (bicyclic) bond motifs is 11. The minimum atomic E-state index is 1.01. The number of para-hydroxylation sites is 3. The predicted octanol–water partition coefficient (Wildman–Crippen LogP) is 13.6. The van der Waals surface area contributed by atoms with Crippen molar-refractivity contribution in [3.63, 3.8) is 0 Å². The Kier molecular flexibility index (Phi) is 5.93. The fraction of sp³-hybridized carbons (Fsp3) is 0. The lowest BCUT2D eigenvalue weighted by Crippen LogP contribution is -1.97. The van der Waals surface area contributed by atoms with Gasteiger partial charge in [-0.1, -0.05) is 115 Å². The van der Waals surface area contributed by atoms with Gasteiger partial charge in [-0.2, -0.15) is 0 Å². The van der Waals surface area contributed by atoms with Crippen LogP contribution in [0.15, 0.2) is 176 Å². The molecule has 0 saturated carbocycles. The minimum absolute atomic E-state index is 1.01. The quantitative estimate of drug-likeness (QED) is 0.181. The average molecular weight is 692 g/mol. The molecule has 4 aromatic heterocycles. The van der Waals surface area contributed by atoms with Gasteiger partial charge in [0.2, 0.25) is 0 Å². The Morgan fingerprint density at radius 1 is 0.396 bits per heavy atom. The van der Waals surface area contributed by atoms with Gasteiger partial charge < -0.3 is 9.13 Å². The van der Waals surface area contributed by atoms with Crippen molar-refractivity contribution in [2.45, 2.75) is 0 Å². The summed E-state index contributed by atoms with van der Waals surface area (Å²) in [4.78, 5) is 5.25. The molecule has 12 rings (SSSR count). The Labute approximate surface area is 308 Å². The highest BCUT2D eigenvalue weighted by molar-refractivity contribution is 7.26. The van der Waals surface area contributed by atoms with Gasteiger partial charge in [0.05, 0.1) is 43.5 Å². The highest BCUT2D eigenvalue weighted by atomic mass is 32.1. The molecule has 4 heterocycles. The molecule has 8 aromatic carbocycles. The third kappa shape index (κ3) is 4.12. The van der Waals surface area contributed by atoms with Crippen LogP contribution in [-0.2, 0) is 0 Å². The fourth-order valence-electron chi connectivity index (χ4n) is 8.67. The zero-order chi connectivity index (χ0) is 34.6. The monoisotopic (exact) mass is 691 g/mol. The Morgan fingerprint density at radius 3 is 1.91 bits per heavy atom. The average Bonchev–Trinajstić information content (AvgIpc) is 3.86. The van der Waals surface area contributed by atoms with Crippen LogP contribution in [-0.4, -0.2) is 14.1 Å². The van der Waals surface area contributed by atoms with Crippen molar-refractivity contribution in [1.29, 1.82) is 0 Å². The van der Waals surface area contributed by atoms with Gasteiger partial charge in [0, 0.05) is 42.7 Å². The van der Waals surface area contributed by atoms with Crippen molar-refractivity contribution >= 4 is 96.9 Å². The van der Waals surface area contributed by atoms with E-state index in [0.29, 0.717) is 0 Å². The van der Waals surface area contributed by atoms with Crippen molar-refractivity contribution in [3.05, 3.63) is 176 Å². The van der Waals surface area contributed by atoms with Crippen molar-refractivity contribution in [2.24, 2.45) is 0 Å². The summed E-state index contributed by atoms with van der Waals surface area (Å²) in [5.74, 6) is 0. The molecule has 0 spiro atoms. The molecule has 53 heavy (non-hydrogen) atoms. The zero-order valence-electron chi connectivity index (χ0n) is 28.5. The smallest absolute Gasteiger partial charge is 0.0917 e. The molecule has 0 aliphatic rings. The molecule has 0 amide bonds. The standard InChI is InChI=1S/C49H29N3S/c1-2-14-34(15-3-1)51-43-25-23-32(27-39(43)40-26-30-12-4-5-13-31(30)28-45(40)51)33-22-24-36-35-16-7-10-20-42(35)52(44(36)29-33)48-37-17-6-9-19-41(37)50-47-38-18-8-11-21-46(38)53-49(47)48/h1-29H. The fourth-order valence-corrected chi connectivity index (χ4v) is 9.86. The second kappa shape index (κ2) is 10.9. The van der Waals surface area contributed by atoms with Crippen molar-refractivity contribution in [1.82, 2.24) is 14.1 Å².